The molecule has 2 rings (SSSR count). The number of hydrogen-bond donors (Lipinski definition) is 0. The molecule has 1 aromatic rings. The molecule has 3 nitrogen and oxygen atoms in total. The standard InChI is InChI=1S/C16H22N2O/c1-5-14-10-11-17(4)18(16(14)19)13(3)15-8-6-12(2)7-9-15/h5-9,13H,10-11H2,1-4H3/b14-5+. The highest BCUT2D eigenvalue weighted by molar-refractivity contribution is 5.94. The zero-order valence-electron chi connectivity index (χ0n) is 12.2. The van der Waals surface area contributed by atoms with Crippen molar-refractivity contribution in [3.63, 3.8) is 0 Å². The molecular weight excluding hydrogens is 236 g/mol. The molecule has 19 heavy (non-hydrogen) atoms. The van der Waals surface area contributed by atoms with Crippen molar-refractivity contribution in [2.75, 3.05) is 13.6 Å². The topological polar surface area (TPSA) is 23.6 Å². The predicted octanol–water partition coefficient (Wildman–Crippen LogP) is 3.08. The summed E-state index contributed by atoms with van der Waals surface area (Å²) >= 11 is 0. The van der Waals surface area contributed by atoms with Gasteiger partial charge < -0.3 is 0 Å². The minimum Gasteiger partial charge on any atom is -0.268 e. The van der Waals surface area contributed by atoms with Gasteiger partial charge in [-0.25, -0.2) is 5.01 Å². The molecule has 0 bridgehead atoms. The molecule has 1 heterocycles. The largest absolute Gasteiger partial charge is 0.268 e. The van der Waals surface area contributed by atoms with E-state index in [4.69, 9.17) is 0 Å². The van der Waals surface area contributed by atoms with Gasteiger partial charge in [0.2, 0.25) is 0 Å². The number of nitrogens with zero attached hydrogens (tertiary/aromatic N) is 2. The highest BCUT2D eigenvalue weighted by Gasteiger charge is 2.31. The van der Waals surface area contributed by atoms with E-state index in [-0.39, 0.29) is 11.9 Å². The van der Waals surface area contributed by atoms with Gasteiger partial charge in [0.1, 0.15) is 0 Å². The quantitative estimate of drug-likeness (QED) is 0.761. The van der Waals surface area contributed by atoms with Crippen molar-refractivity contribution in [3.8, 4) is 0 Å². The summed E-state index contributed by atoms with van der Waals surface area (Å²) in [7, 11) is 1.98. The lowest BCUT2D eigenvalue weighted by molar-refractivity contribution is -0.151. The van der Waals surface area contributed by atoms with E-state index in [0.717, 1.165) is 18.5 Å². The van der Waals surface area contributed by atoms with Gasteiger partial charge in [-0.05, 0) is 32.8 Å². The molecule has 1 fully saturated rings. The summed E-state index contributed by atoms with van der Waals surface area (Å²) in [5.41, 5.74) is 3.32. The van der Waals surface area contributed by atoms with Gasteiger partial charge in [-0.3, -0.25) is 9.80 Å². The minimum absolute atomic E-state index is 0.0633. The fourth-order valence-corrected chi connectivity index (χ4v) is 2.52. The summed E-state index contributed by atoms with van der Waals surface area (Å²) < 4.78 is 0. The highest BCUT2D eigenvalue weighted by Crippen LogP contribution is 2.27. The van der Waals surface area contributed by atoms with Crippen LogP contribution in [0.5, 0.6) is 0 Å². The second-order valence-corrected chi connectivity index (χ2v) is 5.18. The van der Waals surface area contributed by atoms with Crippen LogP contribution in [0, 0.1) is 6.92 Å². The van der Waals surface area contributed by atoms with Crippen LogP contribution in [0.15, 0.2) is 35.9 Å². The first kappa shape index (κ1) is 13.8. The maximum atomic E-state index is 12.5. The number of benzene rings is 1. The third-order valence-electron chi connectivity index (χ3n) is 3.83. The molecule has 1 atom stereocenters. The van der Waals surface area contributed by atoms with E-state index in [9.17, 15) is 4.79 Å². The molecule has 102 valence electrons. The van der Waals surface area contributed by atoms with Crippen LogP contribution in [0.25, 0.3) is 0 Å². The summed E-state index contributed by atoms with van der Waals surface area (Å²) in [5, 5.41) is 3.89. The molecule has 1 aliphatic heterocycles. The van der Waals surface area contributed by atoms with E-state index < -0.39 is 0 Å². The Balaban J connectivity index is 2.27. The first-order chi connectivity index (χ1) is 9.04. The summed E-state index contributed by atoms with van der Waals surface area (Å²) in [6.45, 7) is 6.98. The van der Waals surface area contributed by atoms with Crippen molar-refractivity contribution in [3.05, 3.63) is 47.0 Å². The second kappa shape index (κ2) is 5.57. The smallest absolute Gasteiger partial charge is 0.264 e. The van der Waals surface area contributed by atoms with Gasteiger partial charge in [0.25, 0.3) is 5.91 Å². The maximum absolute atomic E-state index is 12.5. The Hall–Kier alpha value is -1.61. The number of carbonyl (C=O) groups is 1. The first-order valence-electron chi connectivity index (χ1n) is 6.81. The summed E-state index contributed by atoms with van der Waals surface area (Å²) in [6, 6.07) is 8.46. The van der Waals surface area contributed by atoms with Crippen LogP contribution in [0.2, 0.25) is 0 Å². The third kappa shape index (κ3) is 2.71. The van der Waals surface area contributed by atoms with Crippen molar-refractivity contribution in [1.29, 1.82) is 0 Å². The van der Waals surface area contributed by atoms with Crippen LogP contribution in [0.4, 0.5) is 0 Å². The lowest BCUT2D eigenvalue weighted by atomic mass is 10.0. The Morgan fingerprint density at radius 2 is 1.89 bits per heavy atom. The first-order valence-corrected chi connectivity index (χ1v) is 6.81. The summed E-state index contributed by atoms with van der Waals surface area (Å²) in [6.07, 6.45) is 2.77. The fourth-order valence-electron chi connectivity index (χ4n) is 2.52. The van der Waals surface area contributed by atoms with Crippen molar-refractivity contribution in [1.82, 2.24) is 10.0 Å². The lowest BCUT2D eigenvalue weighted by Crippen LogP contribution is -2.50. The number of allylic oxidation sites excluding steroid dienone is 1. The maximum Gasteiger partial charge on any atom is 0.264 e. The molecule has 1 saturated heterocycles. The number of amides is 1. The van der Waals surface area contributed by atoms with Gasteiger partial charge in [0.05, 0.1) is 6.04 Å². The number of hydrogen-bond acceptors (Lipinski definition) is 2. The summed E-state index contributed by atoms with van der Waals surface area (Å²) in [4.78, 5) is 12.5. The Morgan fingerprint density at radius 1 is 1.26 bits per heavy atom. The van der Waals surface area contributed by atoms with Crippen LogP contribution in [0.3, 0.4) is 0 Å². The van der Waals surface area contributed by atoms with Gasteiger partial charge in [-0.15, -0.1) is 0 Å². The molecule has 1 aromatic carbocycles. The Labute approximate surface area is 115 Å². The normalized spacial score (nSPS) is 20.9. The van der Waals surface area contributed by atoms with Crippen LogP contribution in [0.1, 0.15) is 37.4 Å². The molecule has 0 radical (unpaired) electrons. The van der Waals surface area contributed by atoms with Crippen LogP contribution in [-0.4, -0.2) is 29.5 Å². The average Bonchev–Trinajstić information content (AvgIpc) is 2.39. The number of aryl methyl sites for hydroxylation is 1. The Bertz CT molecular complexity index is 490. The van der Waals surface area contributed by atoms with Gasteiger partial charge >= 0.3 is 0 Å². The Kier molecular flexibility index (Phi) is 4.05. The summed E-state index contributed by atoms with van der Waals surface area (Å²) in [5.74, 6) is 0.129. The third-order valence-corrected chi connectivity index (χ3v) is 3.83. The van der Waals surface area contributed by atoms with Gasteiger partial charge in [-0.1, -0.05) is 35.9 Å². The number of hydrazine groups is 1. The molecule has 0 aliphatic carbocycles. The number of rotatable bonds is 2. The van der Waals surface area contributed by atoms with Crippen molar-refractivity contribution in [2.24, 2.45) is 0 Å². The molecule has 0 spiro atoms. The van der Waals surface area contributed by atoms with E-state index in [1.165, 1.54) is 11.1 Å². The fraction of sp³-hybridized carbons (Fsp3) is 0.438. The van der Waals surface area contributed by atoms with Crippen molar-refractivity contribution >= 4 is 5.91 Å². The monoisotopic (exact) mass is 258 g/mol. The van der Waals surface area contributed by atoms with E-state index in [2.05, 4.69) is 38.1 Å². The molecule has 0 saturated carbocycles. The molecule has 1 amide bonds. The van der Waals surface area contributed by atoms with Crippen molar-refractivity contribution in [2.45, 2.75) is 33.2 Å². The van der Waals surface area contributed by atoms with Crippen LogP contribution < -0.4 is 0 Å². The van der Waals surface area contributed by atoms with E-state index >= 15 is 0 Å². The van der Waals surface area contributed by atoms with E-state index in [0.29, 0.717) is 0 Å². The molecule has 0 aromatic heterocycles. The van der Waals surface area contributed by atoms with Gasteiger partial charge in [0.15, 0.2) is 0 Å². The van der Waals surface area contributed by atoms with E-state index in [1.54, 1.807) is 0 Å². The Morgan fingerprint density at radius 3 is 2.47 bits per heavy atom. The van der Waals surface area contributed by atoms with Gasteiger partial charge in [0, 0.05) is 19.2 Å². The predicted molar refractivity (Wildman–Crippen MR) is 77.4 cm³/mol. The lowest BCUT2D eigenvalue weighted by Gasteiger charge is -2.41. The van der Waals surface area contributed by atoms with Gasteiger partial charge in [-0.2, -0.15) is 0 Å². The average molecular weight is 258 g/mol. The zero-order chi connectivity index (χ0) is 14.0. The number of carbonyl (C=O) groups excluding carboxylic acids is 1. The van der Waals surface area contributed by atoms with Crippen LogP contribution >= 0.6 is 0 Å². The molecule has 1 aliphatic rings. The molecule has 1 unspecified atom stereocenters. The second-order valence-electron chi connectivity index (χ2n) is 5.18. The van der Waals surface area contributed by atoms with Crippen molar-refractivity contribution < 1.29 is 4.79 Å². The molecule has 0 N–H and O–H groups in total. The molecule has 3 heteroatoms. The van der Waals surface area contributed by atoms with Crippen LogP contribution in [-0.2, 0) is 4.79 Å². The van der Waals surface area contributed by atoms with E-state index in [1.807, 2.05) is 30.1 Å². The highest BCUT2D eigenvalue weighted by atomic mass is 16.2. The molecular formula is C16H22N2O. The minimum atomic E-state index is 0.0633. The SMILES string of the molecule is C/C=C1\CCN(C)N(C(C)c2ccc(C)cc2)C1=O. The zero-order valence-corrected chi connectivity index (χ0v) is 12.2.